The summed E-state index contributed by atoms with van der Waals surface area (Å²) in [5, 5.41) is 0. The lowest BCUT2D eigenvalue weighted by molar-refractivity contribution is -0.133. The van der Waals surface area contributed by atoms with Gasteiger partial charge in [0.25, 0.3) is 0 Å². The van der Waals surface area contributed by atoms with Gasteiger partial charge in [-0.1, -0.05) is 27.7 Å². The van der Waals surface area contributed by atoms with Gasteiger partial charge in [-0.15, -0.1) is 0 Å². The van der Waals surface area contributed by atoms with Crippen LogP contribution in [-0.2, 0) is 4.79 Å². The Balaban J connectivity index is 4.26. The van der Waals surface area contributed by atoms with E-state index >= 15 is 0 Å². The van der Waals surface area contributed by atoms with Gasteiger partial charge in [0.05, 0.1) is 6.04 Å². The summed E-state index contributed by atoms with van der Waals surface area (Å²) in [5.74, 6) is 0.322. The molecule has 0 bridgehead atoms. The molecule has 0 saturated carbocycles. The van der Waals surface area contributed by atoms with Gasteiger partial charge in [0.15, 0.2) is 0 Å². The average Bonchev–Trinajstić information content (AvgIpc) is 2.15. The molecule has 1 atom stereocenters. The van der Waals surface area contributed by atoms with Gasteiger partial charge < -0.3 is 10.6 Å². The third kappa shape index (κ3) is 4.09. The molecule has 14 heavy (non-hydrogen) atoms. The second-order valence-electron chi connectivity index (χ2n) is 4.10. The van der Waals surface area contributed by atoms with Crippen molar-refractivity contribution in [3.05, 3.63) is 0 Å². The van der Waals surface area contributed by atoms with Crippen LogP contribution >= 0.6 is 0 Å². The van der Waals surface area contributed by atoms with E-state index in [9.17, 15) is 4.79 Å². The monoisotopic (exact) mass is 200 g/mol. The Morgan fingerprint density at radius 3 is 1.93 bits per heavy atom. The summed E-state index contributed by atoms with van der Waals surface area (Å²) in [7, 11) is 0. The van der Waals surface area contributed by atoms with Crippen molar-refractivity contribution in [2.24, 2.45) is 11.7 Å². The molecule has 2 N–H and O–H groups in total. The molecule has 0 saturated heterocycles. The third-order valence-corrected chi connectivity index (χ3v) is 2.30. The van der Waals surface area contributed by atoms with Crippen LogP contribution in [-0.4, -0.2) is 29.9 Å². The van der Waals surface area contributed by atoms with Gasteiger partial charge in [0.1, 0.15) is 0 Å². The highest BCUT2D eigenvalue weighted by atomic mass is 16.2. The maximum absolute atomic E-state index is 11.9. The van der Waals surface area contributed by atoms with Crippen molar-refractivity contribution in [2.45, 2.75) is 46.6 Å². The standard InChI is InChI=1S/C11H24N2O/c1-5-7-13(8-6-2)11(14)10(12)9(3)4/h9-10H,5-8,12H2,1-4H3/t10-/m1/s1. The summed E-state index contributed by atoms with van der Waals surface area (Å²) in [4.78, 5) is 13.7. The number of nitrogens with two attached hydrogens (primary N) is 1. The third-order valence-electron chi connectivity index (χ3n) is 2.30. The van der Waals surface area contributed by atoms with Crippen LogP contribution in [0.2, 0.25) is 0 Å². The van der Waals surface area contributed by atoms with Crippen LogP contribution in [0.4, 0.5) is 0 Å². The lowest BCUT2D eigenvalue weighted by Gasteiger charge is -2.26. The molecule has 84 valence electrons. The summed E-state index contributed by atoms with van der Waals surface area (Å²) < 4.78 is 0. The lowest BCUT2D eigenvalue weighted by Crippen LogP contribution is -2.47. The van der Waals surface area contributed by atoms with Crippen LogP contribution in [0.1, 0.15) is 40.5 Å². The Bertz CT molecular complexity index is 163. The molecule has 3 heteroatoms. The Kier molecular flexibility index (Phi) is 6.54. The summed E-state index contributed by atoms with van der Waals surface area (Å²) in [6.07, 6.45) is 1.99. The number of carbonyl (C=O) groups excluding carboxylic acids is 1. The normalized spacial score (nSPS) is 13.0. The average molecular weight is 200 g/mol. The van der Waals surface area contributed by atoms with E-state index in [1.807, 2.05) is 18.7 Å². The van der Waals surface area contributed by atoms with E-state index in [1.165, 1.54) is 0 Å². The Morgan fingerprint density at radius 2 is 1.64 bits per heavy atom. The number of amides is 1. The highest BCUT2D eigenvalue weighted by Crippen LogP contribution is 2.05. The molecule has 0 spiro atoms. The van der Waals surface area contributed by atoms with Crippen LogP contribution in [0, 0.1) is 5.92 Å². The molecule has 0 unspecified atom stereocenters. The molecule has 0 rings (SSSR count). The van der Waals surface area contributed by atoms with Crippen LogP contribution in [0.3, 0.4) is 0 Å². The minimum atomic E-state index is -0.340. The zero-order valence-corrected chi connectivity index (χ0v) is 9.92. The predicted octanol–water partition coefficient (Wildman–Crippen LogP) is 1.62. The maximum atomic E-state index is 11.9. The molecule has 0 aromatic carbocycles. The van der Waals surface area contributed by atoms with Gasteiger partial charge in [-0.05, 0) is 18.8 Å². The largest absolute Gasteiger partial charge is 0.341 e. The van der Waals surface area contributed by atoms with Crippen LogP contribution < -0.4 is 5.73 Å². The van der Waals surface area contributed by atoms with Gasteiger partial charge in [-0.2, -0.15) is 0 Å². The summed E-state index contributed by atoms with van der Waals surface area (Å²) in [5.41, 5.74) is 5.83. The summed E-state index contributed by atoms with van der Waals surface area (Å²) >= 11 is 0. The first-order valence-corrected chi connectivity index (χ1v) is 5.58. The number of nitrogens with zero attached hydrogens (tertiary/aromatic N) is 1. The fourth-order valence-corrected chi connectivity index (χ4v) is 1.37. The van der Waals surface area contributed by atoms with Crippen LogP contribution in [0.25, 0.3) is 0 Å². The molecule has 0 fully saturated rings. The summed E-state index contributed by atoms with van der Waals surface area (Å²) in [6, 6.07) is -0.340. The molecule has 0 aliphatic heterocycles. The first kappa shape index (κ1) is 13.4. The van der Waals surface area contributed by atoms with Gasteiger partial charge in [0.2, 0.25) is 5.91 Å². The molecule has 0 aromatic heterocycles. The molecule has 0 heterocycles. The van der Waals surface area contributed by atoms with E-state index in [1.54, 1.807) is 0 Å². The molecular formula is C11H24N2O. The van der Waals surface area contributed by atoms with Crippen molar-refractivity contribution in [2.75, 3.05) is 13.1 Å². The van der Waals surface area contributed by atoms with Gasteiger partial charge >= 0.3 is 0 Å². The van der Waals surface area contributed by atoms with Gasteiger partial charge in [-0.25, -0.2) is 0 Å². The molecule has 0 aliphatic rings. The van der Waals surface area contributed by atoms with Crippen LogP contribution in [0.15, 0.2) is 0 Å². The topological polar surface area (TPSA) is 46.3 Å². The highest BCUT2D eigenvalue weighted by Gasteiger charge is 2.22. The number of hydrogen-bond acceptors (Lipinski definition) is 2. The number of rotatable bonds is 6. The zero-order valence-electron chi connectivity index (χ0n) is 9.92. The van der Waals surface area contributed by atoms with Crippen molar-refractivity contribution in [3.8, 4) is 0 Å². The van der Waals surface area contributed by atoms with E-state index in [2.05, 4.69) is 13.8 Å². The molecule has 0 radical (unpaired) electrons. The molecule has 3 nitrogen and oxygen atoms in total. The van der Waals surface area contributed by atoms with Gasteiger partial charge in [0, 0.05) is 13.1 Å². The molecule has 0 aromatic rings. The molecule has 1 amide bonds. The fourth-order valence-electron chi connectivity index (χ4n) is 1.37. The molecule has 0 aliphatic carbocycles. The van der Waals surface area contributed by atoms with E-state index in [-0.39, 0.29) is 17.9 Å². The number of hydrogen-bond donors (Lipinski definition) is 1. The smallest absolute Gasteiger partial charge is 0.239 e. The van der Waals surface area contributed by atoms with E-state index in [0.29, 0.717) is 0 Å². The number of carbonyl (C=O) groups is 1. The molecular weight excluding hydrogens is 176 g/mol. The SMILES string of the molecule is CCCN(CCC)C(=O)[C@H](N)C(C)C. The Morgan fingerprint density at radius 1 is 1.21 bits per heavy atom. The van der Waals surface area contributed by atoms with Crippen LogP contribution in [0.5, 0.6) is 0 Å². The zero-order chi connectivity index (χ0) is 11.1. The van der Waals surface area contributed by atoms with Crippen molar-refractivity contribution in [1.82, 2.24) is 4.90 Å². The van der Waals surface area contributed by atoms with E-state index in [0.717, 1.165) is 25.9 Å². The highest BCUT2D eigenvalue weighted by molar-refractivity contribution is 5.81. The summed E-state index contributed by atoms with van der Waals surface area (Å²) in [6.45, 7) is 9.78. The van der Waals surface area contributed by atoms with Crippen molar-refractivity contribution in [1.29, 1.82) is 0 Å². The minimum absolute atomic E-state index is 0.101. The van der Waals surface area contributed by atoms with E-state index < -0.39 is 0 Å². The van der Waals surface area contributed by atoms with Crippen molar-refractivity contribution >= 4 is 5.91 Å². The first-order chi connectivity index (χ1) is 6.54. The first-order valence-electron chi connectivity index (χ1n) is 5.58. The second-order valence-corrected chi connectivity index (χ2v) is 4.10. The maximum Gasteiger partial charge on any atom is 0.239 e. The van der Waals surface area contributed by atoms with Crippen molar-refractivity contribution in [3.63, 3.8) is 0 Å². The Labute approximate surface area is 87.6 Å². The lowest BCUT2D eigenvalue weighted by atomic mass is 10.0. The quantitative estimate of drug-likeness (QED) is 0.708. The predicted molar refractivity (Wildman–Crippen MR) is 60.0 cm³/mol. The second kappa shape index (κ2) is 6.82. The Hall–Kier alpha value is -0.570. The van der Waals surface area contributed by atoms with E-state index in [4.69, 9.17) is 5.73 Å². The van der Waals surface area contributed by atoms with Crippen molar-refractivity contribution < 1.29 is 4.79 Å². The fraction of sp³-hybridized carbons (Fsp3) is 0.909. The minimum Gasteiger partial charge on any atom is -0.341 e. The van der Waals surface area contributed by atoms with Gasteiger partial charge in [-0.3, -0.25) is 4.79 Å².